The summed E-state index contributed by atoms with van der Waals surface area (Å²) < 4.78 is 6.96. The van der Waals surface area contributed by atoms with Gasteiger partial charge in [0.05, 0.1) is 28.6 Å². The summed E-state index contributed by atoms with van der Waals surface area (Å²) in [6.07, 6.45) is 1.56. The van der Waals surface area contributed by atoms with Gasteiger partial charge < -0.3 is 4.42 Å². The van der Waals surface area contributed by atoms with Crippen molar-refractivity contribution >= 4 is 39.0 Å². The standard InChI is InChI=1S/C18H13N3O4S2/c22-17-14-5-1-2-6-15(14)19-18(20(17)9-13-4-3-7-25-13)27-11-12-8-16(21(23)24)26-10-12/h1-8,10H,9,11H2. The lowest BCUT2D eigenvalue weighted by Gasteiger charge is -2.11. The maximum absolute atomic E-state index is 13.0. The van der Waals surface area contributed by atoms with E-state index in [1.54, 1.807) is 52.6 Å². The quantitative estimate of drug-likeness (QED) is 0.208. The molecule has 0 saturated heterocycles. The molecular formula is C18H13N3O4S2. The molecule has 0 aliphatic rings. The molecule has 0 atom stereocenters. The van der Waals surface area contributed by atoms with Crippen LogP contribution in [0.2, 0.25) is 0 Å². The van der Waals surface area contributed by atoms with Gasteiger partial charge in [0, 0.05) is 17.2 Å². The highest BCUT2D eigenvalue weighted by molar-refractivity contribution is 7.98. The van der Waals surface area contributed by atoms with Crippen LogP contribution in [0.5, 0.6) is 0 Å². The molecule has 0 aliphatic carbocycles. The highest BCUT2D eigenvalue weighted by atomic mass is 32.2. The monoisotopic (exact) mass is 399 g/mol. The highest BCUT2D eigenvalue weighted by Gasteiger charge is 2.15. The number of hydrogen-bond acceptors (Lipinski definition) is 7. The van der Waals surface area contributed by atoms with E-state index in [2.05, 4.69) is 4.98 Å². The normalized spacial score (nSPS) is 11.1. The van der Waals surface area contributed by atoms with E-state index in [1.165, 1.54) is 11.8 Å². The first-order valence-corrected chi connectivity index (χ1v) is 9.85. The van der Waals surface area contributed by atoms with Gasteiger partial charge in [-0.3, -0.25) is 19.5 Å². The van der Waals surface area contributed by atoms with E-state index in [1.807, 2.05) is 6.07 Å². The molecule has 4 rings (SSSR count). The smallest absolute Gasteiger partial charge is 0.324 e. The second-order valence-electron chi connectivity index (χ2n) is 5.72. The van der Waals surface area contributed by atoms with Crippen LogP contribution in [0, 0.1) is 10.1 Å². The van der Waals surface area contributed by atoms with Crippen molar-refractivity contribution in [2.45, 2.75) is 17.5 Å². The Balaban J connectivity index is 1.70. The summed E-state index contributed by atoms with van der Waals surface area (Å²) in [5.74, 6) is 1.13. The van der Waals surface area contributed by atoms with Crippen LogP contribution in [-0.4, -0.2) is 14.5 Å². The Morgan fingerprint density at radius 1 is 1.26 bits per heavy atom. The number of hydrogen-bond donors (Lipinski definition) is 0. The van der Waals surface area contributed by atoms with Crippen molar-refractivity contribution in [1.29, 1.82) is 0 Å². The zero-order chi connectivity index (χ0) is 18.8. The summed E-state index contributed by atoms with van der Waals surface area (Å²) in [6.45, 7) is 0.274. The Morgan fingerprint density at radius 3 is 2.85 bits per heavy atom. The van der Waals surface area contributed by atoms with Gasteiger partial charge in [0.1, 0.15) is 5.76 Å². The minimum Gasteiger partial charge on any atom is -0.467 e. The van der Waals surface area contributed by atoms with Gasteiger partial charge in [0.2, 0.25) is 0 Å². The number of furan rings is 1. The maximum Gasteiger partial charge on any atom is 0.324 e. The van der Waals surface area contributed by atoms with Crippen LogP contribution in [0.1, 0.15) is 11.3 Å². The molecule has 0 unspecified atom stereocenters. The van der Waals surface area contributed by atoms with Crippen LogP contribution >= 0.6 is 23.1 Å². The molecule has 0 aliphatic heterocycles. The number of para-hydroxylation sites is 1. The fourth-order valence-corrected chi connectivity index (χ4v) is 4.40. The van der Waals surface area contributed by atoms with E-state index in [9.17, 15) is 14.9 Å². The zero-order valence-corrected chi connectivity index (χ0v) is 15.5. The fourth-order valence-electron chi connectivity index (χ4n) is 2.64. The topological polar surface area (TPSA) is 91.2 Å². The van der Waals surface area contributed by atoms with Gasteiger partial charge in [-0.1, -0.05) is 35.2 Å². The molecule has 0 bridgehead atoms. The minimum atomic E-state index is -0.403. The molecule has 136 valence electrons. The van der Waals surface area contributed by atoms with Crippen LogP contribution in [0.3, 0.4) is 0 Å². The first kappa shape index (κ1) is 17.5. The maximum atomic E-state index is 13.0. The van der Waals surface area contributed by atoms with E-state index >= 15 is 0 Å². The third kappa shape index (κ3) is 3.64. The lowest BCUT2D eigenvalue weighted by Crippen LogP contribution is -2.23. The molecule has 4 aromatic rings. The first-order chi connectivity index (χ1) is 13.1. The summed E-state index contributed by atoms with van der Waals surface area (Å²) in [5, 5.41) is 13.8. The predicted octanol–water partition coefficient (Wildman–Crippen LogP) is 4.30. The lowest BCUT2D eigenvalue weighted by atomic mass is 10.2. The van der Waals surface area contributed by atoms with E-state index in [0.717, 1.165) is 16.9 Å². The number of aromatic nitrogens is 2. The van der Waals surface area contributed by atoms with Crippen molar-refractivity contribution in [2.24, 2.45) is 0 Å². The first-order valence-electron chi connectivity index (χ1n) is 7.98. The van der Waals surface area contributed by atoms with Crippen molar-refractivity contribution in [3.8, 4) is 0 Å². The molecular weight excluding hydrogens is 386 g/mol. The Hall–Kier alpha value is -2.91. The Bertz CT molecular complexity index is 1170. The third-order valence-electron chi connectivity index (χ3n) is 3.91. The number of thioether (sulfide) groups is 1. The second kappa shape index (κ2) is 7.37. The molecule has 0 fully saturated rings. The number of nitrogens with zero attached hydrogens (tertiary/aromatic N) is 3. The number of rotatable bonds is 6. The molecule has 0 saturated carbocycles. The predicted molar refractivity (Wildman–Crippen MR) is 104 cm³/mol. The lowest BCUT2D eigenvalue weighted by molar-refractivity contribution is -0.380. The molecule has 0 amide bonds. The van der Waals surface area contributed by atoms with Gasteiger partial charge in [-0.25, -0.2) is 4.98 Å². The number of benzene rings is 1. The summed E-state index contributed by atoms with van der Waals surface area (Å²) in [4.78, 5) is 28.0. The Morgan fingerprint density at radius 2 is 2.11 bits per heavy atom. The SMILES string of the molecule is O=c1c2ccccc2nc(SCc2csc([N+](=O)[O-])c2)n1Cc1ccco1. The average Bonchev–Trinajstić information content (AvgIpc) is 3.34. The molecule has 1 aromatic carbocycles. The number of fused-ring (bicyclic) bond motifs is 1. The average molecular weight is 399 g/mol. The van der Waals surface area contributed by atoms with Crippen molar-refractivity contribution in [3.05, 3.63) is 85.9 Å². The van der Waals surface area contributed by atoms with E-state index in [4.69, 9.17) is 4.42 Å². The van der Waals surface area contributed by atoms with E-state index in [-0.39, 0.29) is 17.1 Å². The molecule has 3 aromatic heterocycles. The summed E-state index contributed by atoms with van der Waals surface area (Å²) in [5.41, 5.74) is 1.30. The van der Waals surface area contributed by atoms with E-state index in [0.29, 0.717) is 27.6 Å². The van der Waals surface area contributed by atoms with Crippen molar-refractivity contribution in [2.75, 3.05) is 0 Å². The molecule has 27 heavy (non-hydrogen) atoms. The van der Waals surface area contributed by atoms with Gasteiger partial charge in [-0.2, -0.15) is 0 Å². The summed E-state index contributed by atoms with van der Waals surface area (Å²) in [7, 11) is 0. The molecule has 0 N–H and O–H groups in total. The van der Waals surface area contributed by atoms with Gasteiger partial charge in [-0.15, -0.1) is 0 Å². The van der Waals surface area contributed by atoms with Gasteiger partial charge in [0.15, 0.2) is 5.16 Å². The van der Waals surface area contributed by atoms with Gasteiger partial charge >= 0.3 is 5.00 Å². The summed E-state index contributed by atoms with van der Waals surface area (Å²) >= 11 is 2.46. The fraction of sp³-hybridized carbons (Fsp3) is 0.111. The zero-order valence-electron chi connectivity index (χ0n) is 13.9. The Kier molecular flexibility index (Phi) is 4.78. The van der Waals surface area contributed by atoms with Gasteiger partial charge in [-0.05, 0) is 29.8 Å². The second-order valence-corrected chi connectivity index (χ2v) is 7.55. The van der Waals surface area contributed by atoms with Crippen LogP contribution in [0.4, 0.5) is 5.00 Å². The van der Waals surface area contributed by atoms with Crippen LogP contribution in [-0.2, 0) is 12.3 Å². The number of nitro groups is 1. The minimum absolute atomic E-state index is 0.102. The van der Waals surface area contributed by atoms with Crippen molar-refractivity contribution in [1.82, 2.24) is 9.55 Å². The van der Waals surface area contributed by atoms with Crippen molar-refractivity contribution < 1.29 is 9.34 Å². The highest BCUT2D eigenvalue weighted by Crippen LogP contribution is 2.28. The Labute approximate surface area is 161 Å². The van der Waals surface area contributed by atoms with Crippen molar-refractivity contribution in [3.63, 3.8) is 0 Å². The molecule has 3 heterocycles. The number of thiophene rings is 1. The van der Waals surface area contributed by atoms with Crippen LogP contribution in [0.25, 0.3) is 10.9 Å². The van der Waals surface area contributed by atoms with Crippen LogP contribution in [0.15, 0.2) is 68.5 Å². The summed E-state index contributed by atoms with van der Waals surface area (Å²) in [6, 6.07) is 12.3. The molecule has 0 radical (unpaired) electrons. The molecule has 0 spiro atoms. The molecule has 9 heteroatoms. The molecule has 7 nitrogen and oxygen atoms in total. The largest absolute Gasteiger partial charge is 0.467 e. The third-order valence-corrected chi connectivity index (χ3v) is 5.89. The van der Waals surface area contributed by atoms with Crippen LogP contribution < -0.4 is 5.56 Å². The van der Waals surface area contributed by atoms with E-state index < -0.39 is 4.92 Å². The van der Waals surface area contributed by atoms with Gasteiger partial charge in [0.25, 0.3) is 5.56 Å².